The fraction of sp³-hybridized carbons (Fsp3) is 0.364. The van der Waals surface area contributed by atoms with Crippen LogP contribution in [-0.4, -0.2) is 30.9 Å². The molecule has 0 aliphatic carbocycles. The lowest BCUT2D eigenvalue weighted by molar-refractivity contribution is 0.191. The smallest absolute Gasteiger partial charge is 0.404 e. The summed E-state index contributed by atoms with van der Waals surface area (Å²) in [6.07, 6.45) is -1.01. The molecule has 1 atom stereocenters. The van der Waals surface area contributed by atoms with Gasteiger partial charge >= 0.3 is 6.09 Å². The average molecular weight is 224 g/mol. The van der Waals surface area contributed by atoms with Gasteiger partial charge in [-0.25, -0.2) is 4.79 Å². The van der Waals surface area contributed by atoms with Crippen LogP contribution in [0, 0.1) is 0 Å². The summed E-state index contributed by atoms with van der Waals surface area (Å²) >= 11 is 0. The van der Waals surface area contributed by atoms with E-state index in [1.807, 2.05) is 24.3 Å². The van der Waals surface area contributed by atoms with Gasteiger partial charge in [-0.2, -0.15) is 0 Å². The predicted octanol–water partition coefficient (Wildman–Crippen LogP) is 1.76. The van der Waals surface area contributed by atoms with E-state index in [0.717, 1.165) is 11.4 Å². The number of rotatable bonds is 5. The topological polar surface area (TPSA) is 70.6 Å². The normalized spacial score (nSPS) is 11.6. The maximum Gasteiger partial charge on any atom is 0.404 e. The van der Waals surface area contributed by atoms with Gasteiger partial charge in [-0.3, -0.25) is 0 Å². The van der Waals surface area contributed by atoms with Crippen molar-refractivity contribution in [1.82, 2.24) is 5.32 Å². The zero-order valence-electron chi connectivity index (χ0n) is 9.36. The second-order valence-electron chi connectivity index (χ2n) is 3.46. The van der Waals surface area contributed by atoms with Crippen LogP contribution < -0.4 is 15.4 Å². The Labute approximate surface area is 94.4 Å². The summed E-state index contributed by atoms with van der Waals surface area (Å²) in [5, 5.41) is 14.0. The van der Waals surface area contributed by atoms with Gasteiger partial charge in [-0.1, -0.05) is 0 Å². The van der Waals surface area contributed by atoms with Crippen LogP contribution in [0.25, 0.3) is 0 Å². The van der Waals surface area contributed by atoms with Crippen molar-refractivity contribution < 1.29 is 14.6 Å². The summed E-state index contributed by atoms with van der Waals surface area (Å²) in [5.74, 6) is 0.794. The van der Waals surface area contributed by atoms with E-state index >= 15 is 0 Å². The van der Waals surface area contributed by atoms with E-state index in [-0.39, 0.29) is 6.04 Å². The molecule has 1 aromatic carbocycles. The molecule has 0 fully saturated rings. The number of nitrogens with one attached hydrogen (secondary N) is 2. The van der Waals surface area contributed by atoms with Crippen LogP contribution in [0.3, 0.4) is 0 Å². The van der Waals surface area contributed by atoms with Gasteiger partial charge in [0.15, 0.2) is 0 Å². The Bertz CT molecular complexity index is 338. The minimum atomic E-state index is -1.01. The van der Waals surface area contributed by atoms with Crippen LogP contribution in [-0.2, 0) is 0 Å². The second kappa shape index (κ2) is 5.85. The number of ether oxygens (including phenoxy) is 1. The summed E-state index contributed by atoms with van der Waals surface area (Å²) in [4.78, 5) is 10.3. The van der Waals surface area contributed by atoms with E-state index in [9.17, 15) is 4.79 Å². The highest BCUT2D eigenvalue weighted by Gasteiger charge is 2.04. The number of anilines is 1. The van der Waals surface area contributed by atoms with Gasteiger partial charge in [0.1, 0.15) is 5.75 Å². The van der Waals surface area contributed by atoms with Crippen LogP contribution in [0.2, 0.25) is 0 Å². The first-order valence-corrected chi connectivity index (χ1v) is 4.99. The Morgan fingerprint density at radius 2 is 2.06 bits per heavy atom. The third kappa shape index (κ3) is 4.08. The maximum absolute atomic E-state index is 10.3. The minimum absolute atomic E-state index is 0.139. The van der Waals surface area contributed by atoms with Gasteiger partial charge in [0, 0.05) is 18.3 Å². The van der Waals surface area contributed by atoms with Gasteiger partial charge in [0.25, 0.3) is 0 Å². The Morgan fingerprint density at radius 3 is 2.56 bits per heavy atom. The molecule has 3 N–H and O–H groups in total. The van der Waals surface area contributed by atoms with Crippen molar-refractivity contribution in [3.05, 3.63) is 24.3 Å². The Balaban J connectivity index is 2.39. The molecule has 0 aliphatic heterocycles. The molecule has 1 aromatic rings. The third-order valence-corrected chi connectivity index (χ3v) is 2.07. The van der Waals surface area contributed by atoms with Gasteiger partial charge in [0.05, 0.1) is 7.11 Å². The molecule has 5 nitrogen and oxygen atoms in total. The van der Waals surface area contributed by atoms with Crippen molar-refractivity contribution in [3.63, 3.8) is 0 Å². The van der Waals surface area contributed by atoms with Crippen LogP contribution in [0.1, 0.15) is 6.92 Å². The summed E-state index contributed by atoms with van der Waals surface area (Å²) in [6, 6.07) is 7.31. The van der Waals surface area contributed by atoms with E-state index in [4.69, 9.17) is 9.84 Å². The molecule has 1 amide bonds. The summed E-state index contributed by atoms with van der Waals surface area (Å²) < 4.78 is 5.03. The lowest BCUT2D eigenvalue weighted by Crippen LogP contribution is -2.36. The fourth-order valence-corrected chi connectivity index (χ4v) is 1.24. The largest absolute Gasteiger partial charge is 0.497 e. The van der Waals surface area contributed by atoms with Gasteiger partial charge < -0.3 is 20.5 Å². The van der Waals surface area contributed by atoms with E-state index in [1.54, 1.807) is 14.0 Å². The molecular weight excluding hydrogens is 208 g/mol. The Morgan fingerprint density at radius 1 is 1.44 bits per heavy atom. The molecule has 1 rings (SSSR count). The number of benzene rings is 1. The Hall–Kier alpha value is -1.91. The molecular formula is C11H16N2O3. The summed E-state index contributed by atoms with van der Waals surface area (Å²) in [5.41, 5.74) is 0.930. The molecule has 0 heterocycles. The lowest BCUT2D eigenvalue weighted by Gasteiger charge is -2.13. The SMILES string of the molecule is COc1ccc(NC[C@H](C)NC(=O)O)cc1. The highest BCUT2D eigenvalue weighted by Crippen LogP contribution is 2.14. The standard InChI is InChI=1S/C11H16N2O3/c1-8(13-11(14)15)7-12-9-3-5-10(16-2)6-4-9/h3-6,8,12-13H,7H2,1-2H3,(H,14,15)/t8-/m0/s1. The number of hydrogen-bond donors (Lipinski definition) is 3. The molecule has 16 heavy (non-hydrogen) atoms. The van der Waals surface area contributed by atoms with Gasteiger partial charge in [0.2, 0.25) is 0 Å². The number of methoxy groups -OCH3 is 1. The molecule has 0 radical (unpaired) electrons. The number of amides is 1. The lowest BCUT2D eigenvalue weighted by atomic mass is 10.3. The van der Waals surface area contributed by atoms with Crippen LogP contribution in [0.15, 0.2) is 24.3 Å². The van der Waals surface area contributed by atoms with Crippen molar-refractivity contribution in [2.75, 3.05) is 19.0 Å². The maximum atomic E-state index is 10.3. The fourth-order valence-electron chi connectivity index (χ4n) is 1.24. The average Bonchev–Trinajstić information content (AvgIpc) is 2.26. The first kappa shape index (κ1) is 12.2. The van der Waals surface area contributed by atoms with Crippen LogP contribution in [0.4, 0.5) is 10.5 Å². The number of carbonyl (C=O) groups is 1. The van der Waals surface area contributed by atoms with E-state index in [0.29, 0.717) is 6.54 Å². The van der Waals surface area contributed by atoms with Gasteiger partial charge in [-0.15, -0.1) is 0 Å². The highest BCUT2D eigenvalue weighted by molar-refractivity contribution is 5.64. The molecule has 5 heteroatoms. The van der Waals surface area contributed by atoms with E-state index in [1.165, 1.54) is 0 Å². The third-order valence-electron chi connectivity index (χ3n) is 2.07. The monoisotopic (exact) mass is 224 g/mol. The molecule has 0 spiro atoms. The predicted molar refractivity (Wildman–Crippen MR) is 62.1 cm³/mol. The van der Waals surface area contributed by atoms with Crippen LogP contribution in [0.5, 0.6) is 5.75 Å². The zero-order chi connectivity index (χ0) is 12.0. The molecule has 0 saturated carbocycles. The van der Waals surface area contributed by atoms with Crippen molar-refractivity contribution in [2.45, 2.75) is 13.0 Å². The molecule has 0 aromatic heterocycles. The molecule has 0 unspecified atom stereocenters. The summed E-state index contributed by atoms with van der Waals surface area (Å²) in [6.45, 7) is 2.34. The van der Waals surface area contributed by atoms with Crippen molar-refractivity contribution in [2.24, 2.45) is 0 Å². The molecule has 0 saturated heterocycles. The Kier molecular flexibility index (Phi) is 4.44. The number of hydrogen-bond acceptors (Lipinski definition) is 3. The van der Waals surface area contributed by atoms with E-state index in [2.05, 4.69) is 10.6 Å². The first-order valence-electron chi connectivity index (χ1n) is 4.99. The van der Waals surface area contributed by atoms with Crippen molar-refractivity contribution in [3.8, 4) is 5.75 Å². The van der Waals surface area contributed by atoms with Crippen molar-refractivity contribution >= 4 is 11.8 Å². The molecule has 88 valence electrons. The van der Waals surface area contributed by atoms with Crippen molar-refractivity contribution in [1.29, 1.82) is 0 Å². The quantitative estimate of drug-likeness (QED) is 0.712. The van der Waals surface area contributed by atoms with E-state index < -0.39 is 6.09 Å². The van der Waals surface area contributed by atoms with Crippen LogP contribution >= 0.6 is 0 Å². The minimum Gasteiger partial charge on any atom is -0.497 e. The highest BCUT2D eigenvalue weighted by atomic mass is 16.5. The van der Waals surface area contributed by atoms with Gasteiger partial charge in [-0.05, 0) is 31.2 Å². The first-order chi connectivity index (χ1) is 7.61. The second-order valence-corrected chi connectivity index (χ2v) is 3.46. The molecule has 0 bridgehead atoms. The molecule has 0 aliphatic rings. The zero-order valence-corrected chi connectivity index (χ0v) is 9.36. The number of carboxylic acid groups (broad SMARTS) is 1. The summed E-state index contributed by atoms with van der Waals surface area (Å²) in [7, 11) is 1.61.